The lowest BCUT2D eigenvalue weighted by Gasteiger charge is -2.38. The van der Waals surface area contributed by atoms with Crippen molar-refractivity contribution in [2.45, 2.75) is 32.7 Å². The van der Waals surface area contributed by atoms with E-state index in [2.05, 4.69) is 5.32 Å². The van der Waals surface area contributed by atoms with Gasteiger partial charge in [0, 0.05) is 30.8 Å². The van der Waals surface area contributed by atoms with E-state index in [1.165, 1.54) is 6.07 Å². The van der Waals surface area contributed by atoms with Crippen LogP contribution in [0, 0.1) is 25.7 Å². The standard InChI is InChI=1S/C24H26N2O6/c1-13-9-20(27)32-14(2)21(13)24(29)26-11-16-3-4-17(12-26)22(16)25-23(28)15-5-6-18-19(10-15)31-8-7-30-18/h5-6,9-10,16-17,22H,3-4,7-8,11-12H2,1-2H3,(H,25,28)/t16-,17+,22?. The van der Waals surface area contributed by atoms with Crippen LogP contribution in [-0.4, -0.2) is 49.1 Å². The van der Waals surface area contributed by atoms with Crippen LogP contribution >= 0.6 is 0 Å². The Labute approximate surface area is 185 Å². The van der Waals surface area contributed by atoms with Crippen LogP contribution in [0.1, 0.15) is 44.9 Å². The molecule has 2 aromatic rings. The van der Waals surface area contributed by atoms with Crippen molar-refractivity contribution >= 4 is 11.8 Å². The van der Waals surface area contributed by atoms with E-state index in [-0.39, 0.29) is 29.7 Å². The molecule has 1 unspecified atom stereocenters. The number of likely N-dealkylation sites (tertiary alicyclic amines) is 1. The Hall–Kier alpha value is -3.29. The summed E-state index contributed by atoms with van der Waals surface area (Å²) >= 11 is 0. The van der Waals surface area contributed by atoms with Gasteiger partial charge in [-0.2, -0.15) is 0 Å². The van der Waals surface area contributed by atoms with E-state index < -0.39 is 5.63 Å². The quantitative estimate of drug-likeness (QED) is 0.790. The van der Waals surface area contributed by atoms with Gasteiger partial charge in [0.2, 0.25) is 0 Å². The molecule has 1 N–H and O–H groups in total. The molecular formula is C24H26N2O6. The number of hydrogen-bond acceptors (Lipinski definition) is 6. The maximum atomic E-state index is 13.2. The minimum Gasteiger partial charge on any atom is -0.486 e. The van der Waals surface area contributed by atoms with Gasteiger partial charge in [-0.25, -0.2) is 4.79 Å². The number of fused-ring (bicyclic) bond motifs is 3. The van der Waals surface area contributed by atoms with Crippen molar-refractivity contribution in [3.8, 4) is 11.5 Å². The number of amides is 2. The normalized spacial score (nSPS) is 23.7. The lowest BCUT2D eigenvalue weighted by atomic mass is 9.91. The number of ether oxygens (including phenoxy) is 2. The fourth-order valence-electron chi connectivity index (χ4n) is 5.28. The molecule has 1 saturated heterocycles. The summed E-state index contributed by atoms with van der Waals surface area (Å²) in [5, 5.41) is 3.20. The SMILES string of the molecule is Cc1cc(=O)oc(C)c1C(=O)N1C[C@H]2CC[C@@H](C1)C2NC(=O)c1ccc2c(c1)OCCO2. The summed E-state index contributed by atoms with van der Waals surface area (Å²) < 4.78 is 16.3. The van der Waals surface area contributed by atoms with Gasteiger partial charge in [-0.1, -0.05) is 0 Å². The molecule has 8 nitrogen and oxygen atoms in total. The molecule has 2 bridgehead atoms. The highest BCUT2D eigenvalue weighted by Crippen LogP contribution is 2.38. The average molecular weight is 438 g/mol. The van der Waals surface area contributed by atoms with Gasteiger partial charge in [0.25, 0.3) is 11.8 Å². The number of carbonyl (C=O) groups is 2. The van der Waals surface area contributed by atoms with Crippen LogP contribution in [0.15, 0.2) is 33.5 Å². The first-order valence-electron chi connectivity index (χ1n) is 11.0. The molecule has 3 heterocycles. The number of nitrogens with zero attached hydrogens (tertiary/aromatic N) is 1. The molecule has 1 aliphatic carbocycles. The van der Waals surface area contributed by atoms with E-state index in [1.54, 1.807) is 32.0 Å². The maximum absolute atomic E-state index is 13.2. The largest absolute Gasteiger partial charge is 0.486 e. The van der Waals surface area contributed by atoms with Crippen LogP contribution in [-0.2, 0) is 0 Å². The third-order valence-corrected chi connectivity index (χ3v) is 6.77. The van der Waals surface area contributed by atoms with Crippen molar-refractivity contribution in [1.82, 2.24) is 10.2 Å². The van der Waals surface area contributed by atoms with E-state index in [1.807, 2.05) is 4.90 Å². The first-order chi connectivity index (χ1) is 15.4. The van der Waals surface area contributed by atoms with Crippen LogP contribution in [0.2, 0.25) is 0 Å². The summed E-state index contributed by atoms with van der Waals surface area (Å²) in [5.41, 5.74) is 1.18. The van der Waals surface area contributed by atoms with Crippen LogP contribution in [0.3, 0.4) is 0 Å². The van der Waals surface area contributed by atoms with Crippen molar-refractivity contribution < 1.29 is 23.5 Å². The highest BCUT2D eigenvalue weighted by molar-refractivity contribution is 5.97. The van der Waals surface area contributed by atoms with Gasteiger partial charge < -0.3 is 24.1 Å². The number of nitrogens with one attached hydrogen (secondary N) is 1. The minimum absolute atomic E-state index is 0.0237. The Morgan fingerprint density at radius 1 is 1.00 bits per heavy atom. The second-order valence-electron chi connectivity index (χ2n) is 8.84. The summed E-state index contributed by atoms with van der Waals surface area (Å²) in [7, 11) is 0. The topological polar surface area (TPSA) is 98.1 Å². The molecule has 32 heavy (non-hydrogen) atoms. The lowest BCUT2D eigenvalue weighted by molar-refractivity contribution is 0.0594. The molecule has 0 spiro atoms. The van der Waals surface area contributed by atoms with Crippen molar-refractivity contribution in [2.75, 3.05) is 26.3 Å². The number of rotatable bonds is 3. The molecule has 8 heteroatoms. The number of aryl methyl sites for hydroxylation is 2. The Balaban J connectivity index is 1.29. The first-order valence-corrected chi connectivity index (χ1v) is 11.0. The molecule has 2 amide bonds. The summed E-state index contributed by atoms with van der Waals surface area (Å²) in [4.78, 5) is 39.6. The molecule has 168 valence electrons. The molecule has 1 aromatic heterocycles. The van der Waals surface area contributed by atoms with Crippen LogP contribution in [0.5, 0.6) is 11.5 Å². The predicted octanol–water partition coefficient (Wildman–Crippen LogP) is 2.31. The third-order valence-electron chi connectivity index (χ3n) is 6.77. The van der Waals surface area contributed by atoms with Gasteiger partial charge in [0.05, 0.1) is 5.56 Å². The summed E-state index contributed by atoms with van der Waals surface area (Å²) in [5.74, 6) is 1.72. The fourth-order valence-corrected chi connectivity index (χ4v) is 5.28. The Morgan fingerprint density at radius 2 is 1.69 bits per heavy atom. The summed E-state index contributed by atoms with van der Waals surface area (Å²) in [6.45, 7) is 5.52. The molecule has 1 saturated carbocycles. The predicted molar refractivity (Wildman–Crippen MR) is 115 cm³/mol. The van der Waals surface area contributed by atoms with Gasteiger partial charge in [-0.15, -0.1) is 0 Å². The molecule has 1 aromatic carbocycles. The van der Waals surface area contributed by atoms with Crippen LogP contribution < -0.4 is 20.4 Å². The van der Waals surface area contributed by atoms with Crippen LogP contribution in [0.25, 0.3) is 0 Å². The molecule has 3 atom stereocenters. The summed E-state index contributed by atoms with van der Waals surface area (Å²) in [6, 6.07) is 6.62. The van der Waals surface area contributed by atoms with Crippen molar-refractivity contribution in [2.24, 2.45) is 11.8 Å². The summed E-state index contributed by atoms with van der Waals surface area (Å²) in [6.07, 6.45) is 1.92. The van der Waals surface area contributed by atoms with E-state index in [4.69, 9.17) is 13.9 Å². The van der Waals surface area contributed by atoms with Gasteiger partial charge >= 0.3 is 5.63 Å². The zero-order chi connectivity index (χ0) is 22.4. The molecule has 2 aliphatic heterocycles. The molecule has 3 aliphatic rings. The van der Waals surface area contributed by atoms with E-state index in [9.17, 15) is 14.4 Å². The zero-order valence-electron chi connectivity index (χ0n) is 18.2. The number of carbonyl (C=O) groups excluding carboxylic acids is 2. The van der Waals surface area contributed by atoms with E-state index in [0.717, 1.165) is 12.8 Å². The molecular weight excluding hydrogens is 412 g/mol. The maximum Gasteiger partial charge on any atom is 0.336 e. The smallest absolute Gasteiger partial charge is 0.336 e. The zero-order valence-corrected chi connectivity index (χ0v) is 18.2. The Morgan fingerprint density at radius 3 is 2.38 bits per heavy atom. The minimum atomic E-state index is -0.447. The number of benzene rings is 1. The Bertz CT molecular complexity index is 1100. The van der Waals surface area contributed by atoms with Crippen molar-refractivity contribution in [3.63, 3.8) is 0 Å². The van der Waals surface area contributed by atoms with Gasteiger partial charge in [-0.05, 0) is 62.3 Å². The molecule has 2 fully saturated rings. The number of piperidine rings is 1. The van der Waals surface area contributed by atoms with Gasteiger partial charge in [0.15, 0.2) is 11.5 Å². The van der Waals surface area contributed by atoms with Gasteiger partial charge in [0.1, 0.15) is 19.0 Å². The van der Waals surface area contributed by atoms with Crippen LogP contribution in [0.4, 0.5) is 0 Å². The monoisotopic (exact) mass is 438 g/mol. The molecule has 0 radical (unpaired) electrons. The average Bonchev–Trinajstić information content (AvgIpc) is 2.99. The van der Waals surface area contributed by atoms with E-state index >= 15 is 0 Å². The third kappa shape index (κ3) is 3.63. The first kappa shape index (κ1) is 20.6. The second kappa shape index (κ2) is 8.00. The highest BCUT2D eigenvalue weighted by atomic mass is 16.6. The highest BCUT2D eigenvalue weighted by Gasteiger charge is 2.44. The fraction of sp³-hybridized carbons (Fsp3) is 0.458. The number of hydrogen-bond donors (Lipinski definition) is 1. The lowest BCUT2D eigenvalue weighted by Crippen LogP contribution is -2.54. The van der Waals surface area contributed by atoms with Crippen molar-refractivity contribution in [1.29, 1.82) is 0 Å². The van der Waals surface area contributed by atoms with E-state index in [0.29, 0.717) is 60.3 Å². The van der Waals surface area contributed by atoms with Crippen molar-refractivity contribution in [3.05, 3.63) is 57.1 Å². The second-order valence-corrected chi connectivity index (χ2v) is 8.84. The molecule has 5 rings (SSSR count). The van der Waals surface area contributed by atoms with Gasteiger partial charge in [-0.3, -0.25) is 9.59 Å². The Kier molecular flexibility index (Phi) is 5.15.